The summed E-state index contributed by atoms with van der Waals surface area (Å²) >= 11 is 0. The number of benzene rings is 2. The van der Waals surface area contributed by atoms with Gasteiger partial charge in [-0.1, -0.05) is 57.0 Å². The number of anilines is 1. The number of ether oxygens (including phenoxy) is 2. The number of ketones is 1. The zero-order valence-electron chi connectivity index (χ0n) is 36.0. The minimum atomic E-state index is -1.12. The van der Waals surface area contributed by atoms with Crippen molar-refractivity contribution in [3.8, 4) is 0 Å². The lowest BCUT2D eigenvalue weighted by Gasteiger charge is -2.72. The summed E-state index contributed by atoms with van der Waals surface area (Å²) < 4.78 is 15.3. The molecule has 12 heteroatoms. The van der Waals surface area contributed by atoms with Gasteiger partial charge in [0.25, 0.3) is 11.8 Å². The van der Waals surface area contributed by atoms with Crippen LogP contribution >= 0.6 is 0 Å². The lowest BCUT2D eigenvalue weighted by Crippen LogP contribution is -2.78. The summed E-state index contributed by atoms with van der Waals surface area (Å²) in [7, 11) is 0. The Hall–Kier alpha value is -3.97. The third-order valence-electron chi connectivity index (χ3n) is 16.6. The molecule has 2 spiro atoms. The number of hydrogen-bond acceptors (Lipinski definition) is 10. The molecule has 7 fully saturated rings. The Labute approximate surface area is 359 Å². The first-order valence-electron chi connectivity index (χ1n) is 23.4. The molecule has 0 unspecified atom stereocenters. The van der Waals surface area contributed by atoms with E-state index in [-0.39, 0.29) is 28.9 Å². The van der Waals surface area contributed by atoms with E-state index in [9.17, 15) is 24.6 Å². The summed E-state index contributed by atoms with van der Waals surface area (Å²) in [4.78, 5) is 45.1. The van der Waals surface area contributed by atoms with Crippen molar-refractivity contribution < 1.29 is 34.1 Å². The van der Waals surface area contributed by atoms with Crippen LogP contribution in [0.15, 0.2) is 48.7 Å². The van der Waals surface area contributed by atoms with Gasteiger partial charge in [-0.15, -0.1) is 5.10 Å². The van der Waals surface area contributed by atoms with Crippen LogP contribution in [-0.2, 0) is 27.2 Å². The number of Topliss-reactive ketones (excluding diaryl/α,β-unsaturated/α-hetero) is 1. The van der Waals surface area contributed by atoms with E-state index in [0.29, 0.717) is 55.7 Å². The monoisotopic (exact) mass is 833 g/mol. The van der Waals surface area contributed by atoms with E-state index in [0.717, 1.165) is 106 Å². The quantitative estimate of drug-likeness (QED) is 0.0985. The molecular weight excluding hydrogens is 771 g/mol. The minimum Gasteiger partial charge on any atom is -0.393 e. The Morgan fingerprint density at radius 1 is 0.885 bits per heavy atom. The summed E-state index contributed by atoms with van der Waals surface area (Å²) in [5.74, 6) is -1.08. The third-order valence-corrected chi connectivity index (χ3v) is 16.6. The number of aryl methyl sites for hydroxylation is 2. The lowest BCUT2D eigenvalue weighted by molar-refractivity contribution is -0.402. The maximum atomic E-state index is 14.0. The second kappa shape index (κ2) is 15.7. The van der Waals surface area contributed by atoms with Crippen LogP contribution in [0.4, 0.5) is 5.69 Å². The number of rotatable bonds is 14. The molecule has 4 bridgehead atoms. The normalized spacial score (nSPS) is 33.7. The fourth-order valence-corrected chi connectivity index (χ4v) is 13.9. The maximum Gasteiger partial charge on any atom is 0.261 e. The van der Waals surface area contributed by atoms with E-state index in [1.54, 1.807) is 0 Å². The average molecular weight is 834 g/mol. The first-order valence-corrected chi connectivity index (χ1v) is 23.4. The van der Waals surface area contributed by atoms with Gasteiger partial charge in [-0.05, 0) is 112 Å². The number of carbonyl (C=O) groups is 3. The summed E-state index contributed by atoms with van der Waals surface area (Å²) in [6.07, 6.45) is 13.1. The molecule has 3 saturated heterocycles. The van der Waals surface area contributed by atoms with Crippen molar-refractivity contribution in [2.24, 2.45) is 34.0 Å². The number of nitrogens with zero attached hydrogens (tertiary/aromatic N) is 5. The smallest absolute Gasteiger partial charge is 0.261 e. The number of carbonyl (C=O) groups excluding carboxylic acids is 3. The molecular formula is C49H63N5O7. The van der Waals surface area contributed by atoms with Crippen LogP contribution in [0.3, 0.4) is 0 Å². The van der Waals surface area contributed by atoms with E-state index < -0.39 is 47.3 Å². The number of unbranched alkanes of at least 4 members (excludes halogenated alkanes) is 4. The maximum absolute atomic E-state index is 14.0. The zero-order valence-corrected chi connectivity index (χ0v) is 36.0. The molecule has 0 radical (unpaired) electrons. The van der Waals surface area contributed by atoms with Crippen LogP contribution in [-0.4, -0.2) is 98.5 Å². The SMILES string of the molecule is C=C1C(=O)[C@]23[C@H](O)[C@H]1C[C@H](O)[C@H]2[C@]12CCCC(C)(C)[C@H]1C[C@H]3O[C@H]2OCCCCCCc1cn(CCCCN2C(=O)c3cccc4c(N5CCCCC5)ccc(c34)C2=O)nn1. The fraction of sp³-hybridized carbons (Fsp3) is 0.653. The first kappa shape index (κ1) is 41.1. The molecule has 4 aliphatic heterocycles. The van der Waals surface area contributed by atoms with Crippen LogP contribution in [0.1, 0.15) is 130 Å². The molecule has 4 aliphatic carbocycles. The van der Waals surface area contributed by atoms with Crippen molar-refractivity contribution in [3.63, 3.8) is 0 Å². The van der Waals surface area contributed by atoms with Crippen molar-refractivity contribution >= 4 is 34.1 Å². The van der Waals surface area contributed by atoms with Gasteiger partial charge in [0, 0.05) is 83.8 Å². The topological polar surface area (TPSA) is 147 Å². The first-order chi connectivity index (χ1) is 29.5. The van der Waals surface area contributed by atoms with Gasteiger partial charge in [0.1, 0.15) is 0 Å². The molecule has 8 aliphatic rings. The predicted molar refractivity (Wildman–Crippen MR) is 230 cm³/mol. The minimum absolute atomic E-state index is 0.0145. The number of amides is 2. The highest BCUT2D eigenvalue weighted by Gasteiger charge is 2.81. The number of piperidine rings is 1. The molecule has 9 atom stereocenters. The highest BCUT2D eigenvalue weighted by atomic mass is 16.7. The van der Waals surface area contributed by atoms with Crippen molar-refractivity contribution in [3.05, 3.63) is 65.5 Å². The van der Waals surface area contributed by atoms with Crippen molar-refractivity contribution in [2.45, 2.75) is 141 Å². The van der Waals surface area contributed by atoms with Crippen molar-refractivity contribution in [1.29, 1.82) is 0 Å². The molecule has 12 nitrogen and oxygen atoms in total. The molecule has 4 saturated carbocycles. The third kappa shape index (κ3) is 6.31. The molecule has 2 aromatic carbocycles. The molecule has 61 heavy (non-hydrogen) atoms. The van der Waals surface area contributed by atoms with E-state index >= 15 is 0 Å². The molecule has 5 heterocycles. The Morgan fingerprint density at radius 3 is 2.48 bits per heavy atom. The van der Waals surface area contributed by atoms with E-state index in [1.165, 1.54) is 11.3 Å². The zero-order chi connectivity index (χ0) is 42.3. The van der Waals surface area contributed by atoms with Crippen molar-refractivity contribution in [1.82, 2.24) is 19.9 Å². The average Bonchev–Trinajstić information content (AvgIpc) is 3.75. The van der Waals surface area contributed by atoms with Crippen LogP contribution < -0.4 is 4.90 Å². The van der Waals surface area contributed by atoms with Crippen molar-refractivity contribution in [2.75, 3.05) is 31.1 Å². The number of hydrogen-bond donors (Lipinski definition) is 2. The van der Waals surface area contributed by atoms with E-state index in [2.05, 4.69) is 41.7 Å². The number of fused-ring (bicyclic) bond motifs is 2. The standard InChI is InChI=1S/C49H63N5O7/c1-30-35-27-37(55)41-48-21-14-20-47(2,3)38(48)28-39(49(41,42(30)56)43(35)57)61-46(48)60-26-12-5-4-7-15-31-29-53(51-50-31)24-10-11-25-54-44(58)33-17-13-16-32-36(52-22-8-6-9-23-52)19-18-34(40(32)33)45(54)59/h13,16-19,29,35,37-39,41,43,46,55,57H,1,4-12,14-15,20-28H2,2-3H3/t35-,37-,38+,39+,41-,43+,46+,48-,49+/m0/s1. The van der Waals surface area contributed by atoms with Crippen LogP contribution in [0.5, 0.6) is 0 Å². The summed E-state index contributed by atoms with van der Waals surface area (Å²) in [6, 6.07) is 9.82. The molecule has 1 aromatic heterocycles. The molecule has 2 N–H and O–H groups in total. The number of aliphatic hydroxyl groups is 2. The van der Waals surface area contributed by atoms with Crippen LogP contribution in [0, 0.1) is 34.0 Å². The van der Waals surface area contributed by atoms with Crippen LogP contribution in [0.25, 0.3) is 10.8 Å². The Morgan fingerprint density at radius 2 is 1.66 bits per heavy atom. The lowest BCUT2D eigenvalue weighted by atomic mass is 9.37. The van der Waals surface area contributed by atoms with E-state index in [4.69, 9.17) is 9.47 Å². The van der Waals surface area contributed by atoms with Crippen LogP contribution in [0.2, 0.25) is 0 Å². The van der Waals surface area contributed by atoms with Gasteiger partial charge < -0.3 is 24.6 Å². The van der Waals surface area contributed by atoms with Gasteiger partial charge in [-0.3, -0.25) is 24.0 Å². The highest BCUT2D eigenvalue weighted by Crippen LogP contribution is 2.75. The molecule has 326 valence electrons. The highest BCUT2D eigenvalue weighted by molar-refractivity contribution is 6.26. The second-order valence-electron chi connectivity index (χ2n) is 20.2. The Kier molecular flexibility index (Phi) is 10.6. The predicted octanol–water partition coefficient (Wildman–Crippen LogP) is 7.04. The van der Waals surface area contributed by atoms with E-state index in [1.807, 2.05) is 35.1 Å². The molecule has 2 amide bonds. The summed E-state index contributed by atoms with van der Waals surface area (Å²) in [5, 5.41) is 34.1. The molecule has 3 aromatic rings. The van der Waals surface area contributed by atoms with Gasteiger partial charge in [0.05, 0.1) is 29.4 Å². The van der Waals surface area contributed by atoms with Gasteiger partial charge in [-0.25, -0.2) is 0 Å². The number of imide groups is 1. The van der Waals surface area contributed by atoms with Gasteiger partial charge >= 0.3 is 0 Å². The summed E-state index contributed by atoms with van der Waals surface area (Å²) in [5.41, 5.74) is 2.12. The fourth-order valence-electron chi connectivity index (χ4n) is 13.9. The molecule has 11 rings (SSSR count). The second-order valence-corrected chi connectivity index (χ2v) is 20.2. The summed E-state index contributed by atoms with van der Waals surface area (Å²) in [6.45, 7) is 12.3. The Bertz CT molecular complexity index is 2210. The van der Waals surface area contributed by atoms with Gasteiger partial charge in [0.2, 0.25) is 0 Å². The number of aliphatic hydroxyl groups excluding tert-OH is 2. The van der Waals surface area contributed by atoms with Gasteiger partial charge in [-0.2, -0.15) is 0 Å². The van der Waals surface area contributed by atoms with Gasteiger partial charge in [0.15, 0.2) is 12.1 Å². The number of aromatic nitrogens is 3. The largest absolute Gasteiger partial charge is 0.393 e. The Balaban J connectivity index is 0.684.